The van der Waals surface area contributed by atoms with Crippen LogP contribution >= 0.6 is 0 Å². The predicted molar refractivity (Wildman–Crippen MR) is 153 cm³/mol. The number of imide groups is 1. The average Bonchev–Trinajstić information content (AvgIpc) is 3.72. The van der Waals surface area contributed by atoms with Crippen LogP contribution in [-0.2, 0) is 15.0 Å². The molecule has 3 fully saturated rings. The molecule has 2 saturated carbocycles. The number of nitrogens with zero attached hydrogens (tertiary/aromatic N) is 1. The van der Waals surface area contributed by atoms with Crippen LogP contribution < -0.4 is 15.0 Å². The molecule has 6 nitrogen and oxygen atoms in total. The summed E-state index contributed by atoms with van der Waals surface area (Å²) in [4.78, 5) is 41.3. The highest BCUT2D eigenvalue weighted by atomic mass is 16.5. The fourth-order valence-corrected chi connectivity index (χ4v) is 6.97. The summed E-state index contributed by atoms with van der Waals surface area (Å²) in [5, 5.41) is 2.91. The van der Waals surface area contributed by atoms with Crippen molar-refractivity contribution >= 4 is 29.1 Å². The van der Waals surface area contributed by atoms with Crippen molar-refractivity contribution in [1.29, 1.82) is 0 Å². The van der Waals surface area contributed by atoms with Crippen LogP contribution in [0, 0.1) is 35.5 Å². The van der Waals surface area contributed by atoms with Crippen LogP contribution in [0.25, 0.3) is 0 Å². The highest BCUT2D eigenvalue weighted by Gasteiger charge is 2.67. The number of allylic oxidation sites excluding steroid dienone is 2. The van der Waals surface area contributed by atoms with Gasteiger partial charge in [0.15, 0.2) is 0 Å². The van der Waals surface area contributed by atoms with Crippen LogP contribution in [0.2, 0.25) is 0 Å². The van der Waals surface area contributed by atoms with Crippen LogP contribution in [0.4, 0.5) is 11.4 Å². The highest BCUT2D eigenvalue weighted by molar-refractivity contribution is 6.23. The molecule has 5 aliphatic rings. The Morgan fingerprint density at radius 1 is 0.825 bits per heavy atom. The minimum atomic E-state index is -0.312. The van der Waals surface area contributed by atoms with Crippen molar-refractivity contribution in [2.24, 2.45) is 35.5 Å². The van der Waals surface area contributed by atoms with E-state index in [0.717, 1.165) is 12.2 Å². The molecule has 1 saturated heterocycles. The molecule has 3 amide bonds. The van der Waals surface area contributed by atoms with E-state index in [1.165, 1.54) is 10.5 Å². The Kier molecular flexibility index (Phi) is 5.53. The third-order valence-corrected chi connectivity index (χ3v) is 9.10. The summed E-state index contributed by atoms with van der Waals surface area (Å²) >= 11 is 0. The molecule has 0 aromatic heterocycles. The number of anilines is 2. The van der Waals surface area contributed by atoms with E-state index in [9.17, 15) is 14.4 Å². The average molecular weight is 533 g/mol. The van der Waals surface area contributed by atoms with Gasteiger partial charge in [0.2, 0.25) is 11.8 Å². The van der Waals surface area contributed by atoms with Gasteiger partial charge in [0.05, 0.1) is 17.5 Å². The van der Waals surface area contributed by atoms with Crippen molar-refractivity contribution in [3.05, 3.63) is 96.1 Å². The number of ether oxygens (including phenoxy) is 1. The maximum atomic E-state index is 13.5. The second-order valence-electron chi connectivity index (χ2n) is 12.6. The molecule has 8 rings (SSSR count). The molecule has 0 unspecified atom stereocenters. The molecular formula is C34H32N2O4. The number of amides is 3. The second-order valence-corrected chi connectivity index (χ2v) is 12.6. The quantitative estimate of drug-likeness (QED) is 0.297. The Morgan fingerprint density at radius 2 is 1.40 bits per heavy atom. The third kappa shape index (κ3) is 4.05. The normalized spacial score (nSPS) is 27.8. The van der Waals surface area contributed by atoms with E-state index in [4.69, 9.17) is 4.74 Å². The van der Waals surface area contributed by atoms with Crippen LogP contribution in [-0.4, -0.2) is 17.7 Å². The van der Waals surface area contributed by atoms with E-state index in [1.54, 1.807) is 48.5 Å². The topological polar surface area (TPSA) is 75.7 Å². The van der Waals surface area contributed by atoms with Gasteiger partial charge in [0.25, 0.3) is 5.91 Å². The van der Waals surface area contributed by atoms with Crippen LogP contribution in [0.1, 0.15) is 43.1 Å². The molecule has 6 heteroatoms. The number of hydrogen-bond acceptors (Lipinski definition) is 4. The second kappa shape index (κ2) is 8.91. The lowest BCUT2D eigenvalue weighted by molar-refractivity contribution is -0.124. The summed E-state index contributed by atoms with van der Waals surface area (Å²) in [6, 6.07) is 22.0. The lowest BCUT2D eigenvalue weighted by Gasteiger charge is -2.37. The summed E-state index contributed by atoms with van der Waals surface area (Å²) < 4.78 is 5.97. The molecule has 0 radical (unpaired) electrons. The molecule has 40 heavy (non-hydrogen) atoms. The third-order valence-electron chi connectivity index (χ3n) is 9.10. The first-order chi connectivity index (χ1) is 19.2. The molecule has 3 aromatic rings. The summed E-state index contributed by atoms with van der Waals surface area (Å²) in [6.45, 7) is 6.52. The zero-order chi connectivity index (χ0) is 27.8. The number of hydrogen-bond donors (Lipinski definition) is 1. The minimum absolute atomic E-state index is 0.0766. The Balaban J connectivity index is 1.03. The van der Waals surface area contributed by atoms with Gasteiger partial charge >= 0.3 is 0 Å². The van der Waals surface area contributed by atoms with E-state index in [-0.39, 0.29) is 46.8 Å². The molecule has 1 aliphatic heterocycles. The summed E-state index contributed by atoms with van der Waals surface area (Å²) in [5.41, 5.74) is 2.78. The van der Waals surface area contributed by atoms with E-state index < -0.39 is 0 Å². The maximum absolute atomic E-state index is 13.5. The van der Waals surface area contributed by atoms with E-state index >= 15 is 0 Å². The first-order valence-electron chi connectivity index (χ1n) is 14.0. The molecule has 0 spiro atoms. The minimum Gasteiger partial charge on any atom is -0.457 e. The first-order valence-corrected chi connectivity index (χ1v) is 14.0. The molecule has 3 aromatic carbocycles. The Hall–Kier alpha value is -4.19. The summed E-state index contributed by atoms with van der Waals surface area (Å²) in [6.07, 6.45) is 5.46. The van der Waals surface area contributed by atoms with Gasteiger partial charge in [-0.2, -0.15) is 0 Å². The van der Waals surface area contributed by atoms with Crippen molar-refractivity contribution in [3.63, 3.8) is 0 Å². The Labute approximate surface area is 234 Å². The largest absolute Gasteiger partial charge is 0.457 e. The van der Waals surface area contributed by atoms with Gasteiger partial charge in [-0.25, -0.2) is 4.90 Å². The van der Waals surface area contributed by atoms with Gasteiger partial charge in [-0.3, -0.25) is 14.4 Å². The predicted octanol–water partition coefficient (Wildman–Crippen LogP) is 6.59. The lowest BCUT2D eigenvalue weighted by atomic mass is 9.63. The van der Waals surface area contributed by atoms with Crippen LogP contribution in [0.5, 0.6) is 11.5 Å². The lowest BCUT2D eigenvalue weighted by Crippen LogP contribution is -2.40. The van der Waals surface area contributed by atoms with Gasteiger partial charge < -0.3 is 10.1 Å². The van der Waals surface area contributed by atoms with Crippen molar-refractivity contribution in [3.8, 4) is 11.5 Å². The monoisotopic (exact) mass is 532 g/mol. The Bertz CT molecular complexity index is 1510. The zero-order valence-corrected chi connectivity index (χ0v) is 22.8. The van der Waals surface area contributed by atoms with Crippen molar-refractivity contribution in [2.75, 3.05) is 10.2 Å². The van der Waals surface area contributed by atoms with Crippen LogP contribution in [0.3, 0.4) is 0 Å². The fraction of sp³-hybridized carbons (Fsp3) is 0.324. The molecule has 1 heterocycles. The molecule has 6 atom stereocenters. The van der Waals surface area contributed by atoms with Crippen LogP contribution in [0.15, 0.2) is 84.9 Å². The van der Waals surface area contributed by atoms with E-state index in [1.807, 2.05) is 12.1 Å². The summed E-state index contributed by atoms with van der Waals surface area (Å²) in [7, 11) is 0. The molecular weight excluding hydrogens is 500 g/mol. The molecule has 4 aliphatic carbocycles. The smallest absolute Gasteiger partial charge is 0.255 e. The van der Waals surface area contributed by atoms with Gasteiger partial charge in [0, 0.05) is 11.3 Å². The summed E-state index contributed by atoms with van der Waals surface area (Å²) in [5.74, 6) is 1.76. The molecule has 2 bridgehead atoms. The molecule has 202 valence electrons. The SMILES string of the molecule is CC(C)(C)c1ccc(Oc2ccc(NC(=O)c3cccc(N4C(=O)[C@@H]5[C@H]6C=C[C@@H]([C@@H]7C[C@H]67)[C@H]5C4=O)c3)cc2)cc1. The van der Waals surface area contributed by atoms with E-state index in [2.05, 4.69) is 50.4 Å². The van der Waals surface area contributed by atoms with Gasteiger partial charge in [-0.1, -0.05) is 51.1 Å². The number of carbonyl (C=O) groups is 3. The van der Waals surface area contributed by atoms with Gasteiger partial charge in [0.1, 0.15) is 11.5 Å². The first kappa shape index (κ1) is 24.8. The number of nitrogens with one attached hydrogen (secondary N) is 1. The fourth-order valence-electron chi connectivity index (χ4n) is 6.97. The van der Waals surface area contributed by atoms with Crippen molar-refractivity contribution in [2.45, 2.75) is 32.6 Å². The van der Waals surface area contributed by atoms with Gasteiger partial charge in [-0.15, -0.1) is 0 Å². The van der Waals surface area contributed by atoms with Crippen molar-refractivity contribution in [1.82, 2.24) is 0 Å². The van der Waals surface area contributed by atoms with Gasteiger partial charge in [-0.05, 0) is 95.7 Å². The maximum Gasteiger partial charge on any atom is 0.255 e. The van der Waals surface area contributed by atoms with Crippen molar-refractivity contribution < 1.29 is 19.1 Å². The number of carbonyl (C=O) groups excluding carboxylic acids is 3. The standard InChI is InChI=1S/C34H32N2O4/c1-34(2,3)20-7-11-23(12-8-20)40-24-13-9-21(10-14-24)35-31(37)19-5-4-6-22(17-19)36-32(38)29-25-15-16-26(28-18-27(25)28)30(29)33(36)39/h4-17,25-30H,18H2,1-3H3,(H,35,37)/t25-,26-,27-,28+,29+,30+/m0/s1. The Morgan fingerprint density at radius 3 is 1.98 bits per heavy atom. The number of benzene rings is 3. The number of rotatable bonds is 5. The van der Waals surface area contributed by atoms with E-state index in [0.29, 0.717) is 34.5 Å². The zero-order valence-electron chi connectivity index (χ0n) is 22.8. The molecule has 1 N–H and O–H groups in total. The highest BCUT2D eigenvalue weighted by Crippen LogP contribution is 2.65.